The van der Waals surface area contributed by atoms with Crippen molar-refractivity contribution in [2.24, 2.45) is 0 Å². The molecule has 3 rings (SSSR count). The molecule has 0 aliphatic carbocycles. The van der Waals surface area contributed by atoms with E-state index in [9.17, 15) is 9.59 Å². The standard InChI is InChI=1S/C20H18ClNO4S/c1-22(10-14-8-9-27-13-14)19(23)11-26-20(24)12-25-18-7-6-17(21)15-4-2-3-5-16(15)18/h2-9,13H,10-12H2,1H3. The van der Waals surface area contributed by atoms with Crippen molar-refractivity contribution >= 4 is 45.6 Å². The number of carbonyl (C=O) groups excluding carboxylic acids is 2. The fourth-order valence-electron chi connectivity index (χ4n) is 2.54. The Balaban J connectivity index is 1.50. The van der Waals surface area contributed by atoms with Crippen molar-refractivity contribution in [3.05, 3.63) is 63.8 Å². The molecule has 27 heavy (non-hydrogen) atoms. The lowest BCUT2D eigenvalue weighted by atomic mass is 10.1. The van der Waals surface area contributed by atoms with Gasteiger partial charge in [-0.3, -0.25) is 4.79 Å². The smallest absolute Gasteiger partial charge is 0.344 e. The Morgan fingerprint density at radius 1 is 1.07 bits per heavy atom. The van der Waals surface area contributed by atoms with E-state index in [1.807, 2.05) is 41.1 Å². The summed E-state index contributed by atoms with van der Waals surface area (Å²) in [4.78, 5) is 25.5. The molecule has 0 atom stereocenters. The number of amides is 1. The molecule has 0 radical (unpaired) electrons. The number of fused-ring (bicyclic) bond motifs is 1. The van der Waals surface area contributed by atoms with Crippen molar-refractivity contribution in [3.8, 4) is 5.75 Å². The average Bonchev–Trinajstić information content (AvgIpc) is 3.18. The predicted molar refractivity (Wildman–Crippen MR) is 106 cm³/mol. The third-order valence-electron chi connectivity index (χ3n) is 3.96. The third-order valence-corrected chi connectivity index (χ3v) is 5.02. The van der Waals surface area contributed by atoms with Gasteiger partial charge in [0.05, 0.1) is 0 Å². The summed E-state index contributed by atoms with van der Waals surface area (Å²) in [5.74, 6) is -0.342. The van der Waals surface area contributed by atoms with Gasteiger partial charge in [-0.05, 0) is 34.5 Å². The fraction of sp³-hybridized carbons (Fsp3) is 0.200. The SMILES string of the molecule is CN(Cc1ccsc1)C(=O)COC(=O)COc1ccc(Cl)c2ccccc12. The van der Waals surface area contributed by atoms with E-state index in [1.165, 1.54) is 4.90 Å². The zero-order valence-corrected chi connectivity index (χ0v) is 16.3. The van der Waals surface area contributed by atoms with Crippen LogP contribution < -0.4 is 4.74 Å². The normalized spacial score (nSPS) is 10.6. The Morgan fingerprint density at radius 2 is 1.85 bits per heavy atom. The number of hydrogen-bond donors (Lipinski definition) is 0. The number of halogens is 1. The van der Waals surface area contributed by atoms with Crippen LogP contribution in [0, 0.1) is 0 Å². The molecule has 2 aromatic carbocycles. The Morgan fingerprint density at radius 3 is 2.59 bits per heavy atom. The first kappa shape index (κ1) is 19.2. The molecule has 1 amide bonds. The van der Waals surface area contributed by atoms with Crippen molar-refractivity contribution in [3.63, 3.8) is 0 Å². The van der Waals surface area contributed by atoms with E-state index in [1.54, 1.807) is 30.5 Å². The largest absolute Gasteiger partial charge is 0.481 e. The Hall–Kier alpha value is -2.57. The van der Waals surface area contributed by atoms with E-state index in [0.717, 1.165) is 16.3 Å². The summed E-state index contributed by atoms with van der Waals surface area (Å²) in [6.45, 7) is -0.121. The topological polar surface area (TPSA) is 55.8 Å². The molecule has 3 aromatic rings. The van der Waals surface area contributed by atoms with Crippen LogP contribution in [0.4, 0.5) is 0 Å². The van der Waals surface area contributed by atoms with E-state index < -0.39 is 5.97 Å². The summed E-state index contributed by atoms with van der Waals surface area (Å²) >= 11 is 7.74. The lowest BCUT2D eigenvalue weighted by Crippen LogP contribution is -2.31. The van der Waals surface area contributed by atoms with Crippen LogP contribution >= 0.6 is 22.9 Å². The van der Waals surface area contributed by atoms with Crippen molar-refractivity contribution < 1.29 is 19.1 Å². The van der Waals surface area contributed by atoms with Crippen LogP contribution in [0.3, 0.4) is 0 Å². The quantitative estimate of drug-likeness (QED) is 0.556. The molecule has 5 nitrogen and oxygen atoms in total. The van der Waals surface area contributed by atoms with Crippen LogP contribution in [-0.4, -0.2) is 37.0 Å². The summed E-state index contributed by atoms with van der Waals surface area (Å²) < 4.78 is 10.6. The van der Waals surface area contributed by atoms with Gasteiger partial charge in [-0.1, -0.05) is 35.9 Å². The monoisotopic (exact) mass is 403 g/mol. The van der Waals surface area contributed by atoms with E-state index in [4.69, 9.17) is 21.1 Å². The number of nitrogens with zero attached hydrogens (tertiary/aromatic N) is 1. The van der Waals surface area contributed by atoms with Crippen LogP contribution in [0.15, 0.2) is 53.2 Å². The van der Waals surface area contributed by atoms with Gasteiger partial charge in [0.15, 0.2) is 13.2 Å². The molecule has 0 aliphatic heterocycles. The number of thiophene rings is 1. The lowest BCUT2D eigenvalue weighted by molar-refractivity contribution is -0.153. The van der Waals surface area contributed by atoms with Crippen LogP contribution in [-0.2, 0) is 20.9 Å². The number of rotatable bonds is 7. The van der Waals surface area contributed by atoms with Crippen LogP contribution in [0.25, 0.3) is 10.8 Å². The minimum atomic E-state index is -0.605. The highest BCUT2D eigenvalue weighted by Gasteiger charge is 2.14. The van der Waals surface area contributed by atoms with Gasteiger partial charge in [0.1, 0.15) is 5.75 Å². The maximum absolute atomic E-state index is 12.1. The second-order valence-electron chi connectivity index (χ2n) is 5.92. The average molecular weight is 404 g/mol. The first-order valence-corrected chi connectivity index (χ1v) is 9.57. The minimum Gasteiger partial charge on any atom is -0.481 e. The van der Waals surface area contributed by atoms with Gasteiger partial charge in [-0.2, -0.15) is 11.3 Å². The highest BCUT2D eigenvalue weighted by molar-refractivity contribution is 7.07. The lowest BCUT2D eigenvalue weighted by Gasteiger charge is -2.16. The van der Waals surface area contributed by atoms with Gasteiger partial charge >= 0.3 is 5.97 Å². The molecule has 140 valence electrons. The van der Waals surface area contributed by atoms with Gasteiger partial charge in [-0.15, -0.1) is 0 Å². The van der Waals surface area contributed by atoms with Gasteiger partial charge in [0, 0.05) is 29.4 Å². The first-order chi connectivity index (χ1) is 13.0. The van der Waals surface area contributed by atoms with E-state index in [-0.39, 0.29) is 19.1 Å². The molecule has 0 aliphatic rings. The minimum absolute atomic E-state index is 0.272. The van der Waals surface area contributed by atoms with Gasteiger partial charge in [-0.25, -0.2) is 4.79 Å². The van der Waals surface area contributed by atoms with E-state index in [0.29, 0.717) is 17.3 Å². The number of benzene rings is 2. The van der Waals surface area contributed by atoms with Crippen molar-refractivity contribution in [1.29, 1.82) is 0 Å². The summed E-state index contributed by atoms with van der Waals surface area (Å²) in [5.41, 5.74) is 1.04. The first-order valence-electron chi connectivity index (χ1n) is 8.25. The second kappa shape index (κ2) is 8.88. The molecule has 0 saturated carbocycles. The zero-order valence-electron chi connectivity index (χ0n) is 14.7. The summed E-state index contributed by atoms with van der Waals surface area (Å²) in [6, 6.07) is 12.9. The number of likely N-dealkylation sites (N-methyl/N-ethyl adjacent to an activating group) is 1. The summed E-state index contributed by atoms with van der Waals surface area (Å²) in [6.07, 6.45) is 0. The summed E-state index contributed by atoms with van der Waals surface area (Å²) in [7, 11) is 1.67. The molecule has 7 heteroatoms. The van der Waals surface area contributed by atoms with Gasteiger partial charge in [0.25, 0.3) is 5.91 Å². The number of ether oxygens (including phenoxy) is 2. The highest BCUT2D eigenvalue weighted by atomic mass is 35.5. The molecule has 1 heterocycles. The maximum atomic E-state index is 12.1. The van der Waals surface area contributed by atoms with Crippen molar-refractivity contribution in [1.82, 2.24) is 4.90 Å². The number of hydrogen-bond acceptors (Lipinski definition) is 5. The van der Waals surface area contributed by atoms with Crippen LogP contribution in [0.2, 0.25) is 5.02 Å². The Kier molecular flexibility index (Phi) is 6.32. The summed E-state index contributed by atoms with van der Waals surface area (Å²) in [5, 5.41) is 6.19. The molecular formula is C20H18ClNO4S. The second-order valence-corrected chi connectivity index (χ2v) is 7.11. The molecule has 0 N–H and O–H groups in total. The van der Waals surface area contributed by atoms with Crippen LogP contribution in [0.5, 0.6) is 5.75 Å². The third kappa shape index (κ3) is 4.99. The number of carbonyl (C=O) groups is 2. The van der Waals surface area contributed by atoms with E-state index in [2.05, 4.69) is 0 Å². The molecule has 0 unspecified atom stereocenters. The van der Waals surface area contributed by atoms with Gasteiger partial charge < -0.3 is 14.4 Å². The predicted octanol–water partition coefficient (Wildman–Crippen LogP) is 4.14. The molecular weight excluding hydrogens is 386 g/mol. The molecule has 0 spiro atoms. The van der Waals surface area contributed by atoms with Crippen molar-refractivity contribution in [2.45, 2.75) is 6.54 Å². The Bertz CT molecular complexity index is 942. The maximum Gasteiger partial charge on any atom is 0.344 e. The van der Waals surface area contributed by atoms with E-state index >= 15 is 0 Å². The van der Waals surface area contributed by atoms with Gasteiger partial charge in [0.2, 0.25) is 0 Å². The number of esters is 1. The highest BCUT2D eigenvalue weighted by Crippen LogP contribution is 2.31. The molecule has 0 bridgehead atoms. The molecule has 0 fully saturated rings. The zero-order chi connectivity index (χ0) is 19.2. The fourth-order valence-corrected chi connectivity index (χ4v) is 3.42. The molecule has 1 aromatic heterocycles. The van der Waals surface area contributed by atoms with Crippen molar-refractivity contribution in [2.75, 3.05) is 20.3 Å². The Labute approximate surface area is 166 Å². The van der Waals surface area contributed by atoms with Crippen LogP contribution in [0.1, 0.15) is 5.56 Å². The molecule has 0 saturated heterocycles.